The van der Waals surface area contributed by atoms with E-state index in [0.29, 0.717) is 36.3 Å². The van der Waals surface area contributed by atoms with Crippen LogP contribution in [0.15, 0.2) is 41.3 Å². The van der Waals surface area contributed by atoms with Crippen LogP contribution in [0.2, 0.25) is 0 Å². The number of benzene rings is 1. The van der Waals surface area contributed by atoms with Gasteiger partial charge in [-0.05, 0) is 25.0 Å². The molecule has 1 saturated heterocycles. The van der Waals surface area contributed by atoms with Crippen molar-refractivity contribution < 1.29 is 14.1 Å². The number of ether oxygens (including phenoxy) is 1. The molecule has 28 heavy (non-hydrogen) atoms. The smallest absolute Gasteiger partial charge is 0.274 e. The molecule has 2 fully saturated rings. The first-order valence-corrected chi connectivity index (χ1v) is 9.54. The molecular weight excluding hydrogens is 358 g/mol. The van der Waals surface area contributed by atoms with Gasteiger partial charge in [-0.3, -0.25) is 4.79 Å². The number of imidazole rings is 1. The zero-order valence-electron chi connectivity index (χ0n) is 15.6. The van der Waals surface area contributed by atoms with Crippen molar-refractivity contribution in [3.05, 3.63) is 48.3 Å². The third-order valence-corrected chi connectivity index (χ3v) is 5.15. The average molecular weight is 379 g/mol. The molecule has 3 aromatic rings. The minimum absolute atomic E-state index is 0.0639. The maximum absolute atomic E-state index is 12.6. The molecule has 2 aliphatic rings. The van der Waals surface area contributed by atoms with E-state index in [1.165, 1.54) is 0 Å². The first-order valence-electron chi connectivity index (χ1n) is 9.54. The Morgan fingerprint density at radius 2 is 2.11 bits per heavy atom. The maximum atomic E-state index is 12.6. The van der Waals surface area contributed by atoms with E-state index < -0.39 is 0 Å². The summed E-state index contributed by atoms with van der Waals surface area (Å²) in [7, 11) is 1.85. The summed E-state index contributed by atoms with van der Waals surface area (Å²) in [6.07, 6.45) is 6.30. The lowest BCUT2D eigenvalue weighted by Gasteiger charge is -2.17. The van der Waals surface area contributed by atoms with Crippen LogP contribution in [0.25, 0.3) is 11.5 Å². The zero-order chi connectivity index (χ0) is 19.1. The van der Waals surface area contributed by atoms with Crippen molar-refractivity contribution in [3.8, 4) is 17.2 Å². The lowest BCUT2D eigenvalue weighted by molar-refractivity contribution is 0.0767. The summed E-state index contributed by atoms with van der Waals surface area (Å²) < 4.78 is 13.5. The Morgan fingerprint density at radius 1 is 1.25 bits per heavy atom. The third-order valence-electron chi connectivity index (χ3n) is 5.15. The summed E-state index contributed by atoms with van der Waals surface area (Å²) in [5.41, 5.74) is 1.25. The SMILES string of the molecule is Cn1cnc(C(=O)N2CCC(Oc3ccccc3-c3nc(C4CC4)no3)C2)c1. The molecule has 0 radical (unpaired) electrons. The average Bonchev–Trinajstić information content (AvgIpc) is 3.10. The Labute approximate surface area is 162 Å². The number of para-hydroxylation sites is 1. The van der Waals surface area contributed by atoms with Crippen LogP contribution in [0, 0.1) is 0 Å². The molecular formula is C20H21N5O3. The number of hydrogen-bond acceptors (Lipinski definition) is 6. The lowest BCUT2D eigenvalue weighted by atomic mass is 10.2. The number of amides is 1. The van der Waals surface area contributed by atoms with E-state index in [9.17, 15) is 4.79 Å². The second kappa shape index (κ2) is 6.78. The van der Waals surface area contributed by atoms with Gasteiger partial charge in [0.15, 0.2) is 5.82 Å². The Hall–Kier alpha value is -3.16. The molecule has 0 N–H and O–H groups in total. The molecule has 2 aromatic heterocycles. The van der Waals surface area contributed by atoms with Gasteiger partial charge in [-0.25, -0.2) is 4.98 Å². The number of aromatic nitrogens is 4. The molecule has 5 rings (SSSR count). The van der Waals surface area contributed by atoms with E-state index >= 15 is 0 Å². The van der Waals surface area contributed by atoms with Gasteiger partial charge in [-0.15, -0.1) is 0 Å². The number of nitrogens with zero attached hydrogens (tertiary/aromatic N) is 5. The summed E-state index contributed by atoms with van der Waals surface area (Å²) in [5, 5.41) is 4.09. The molecule has 144 valence electrons. The fraction of sp³-hybridized carbons (Fsp3) is 0.400. The van der Waals surface area contributed by atoms with Gasteiger partial charge in [-0.2, -0.15) is 4.98 Å². The second-order valence-corrected chi connectivity index (χ2v) is 7.43. The first kappa shape index (κ1) is 17.0. The molecule has 1 amide bonds. The minimum Gasteiger partial charge on any atom is -0.488 e. The molecule has 1 aliphatic heterocycles. The van der Waals surface area contributed by atoms with Gasteiger partial charge in [-0.1, -0.05) is 17.3 Å². The minimum atomic E-state index is -0.0837. The van der Waals surface area contributed by atoms with Gasteiger partial charge in [0.05, 0.1) is 18.4 Å². The largest absolute Gasteiger partial charge is 0.488 e. The third kappa shape index (κ3) is 3.26. The van der Waals surface area contributed by atoms with Crippen LogP contribution in [0.5, 0.6) is 5.75 Å². The van der Waals surface area contributed by atoms with Gasteiger partial charge in [0.2, 0.25) is 0 Å². The van der Waals surface area contributed by atoms with Crippen LogP contribution in [0.4, 0.5) is 0 Å². The highest BCUT2D eigenvalue weighted by molar-refractivity contribution is 5.92. The van der Waals surface area contributed by atoms with E-state index in [2.05, 4.69) is 15.1 Å². The maximum Gasteiger partial charge on any atom is 0.274 e. The topological polar surface area (TPSA) is 86.3 Å². The molecule has 8 heteroatoms. The molecule has 1 aliphatic carbocycles. The quantitative estimate of drug-likeness (QED) is 0.677. The first-order chi connectivity index (χ1) is 13.7. The van der Waals surface area contributed by atoms with Gasteiger partial charge in [0, 0.05) is 32.1 Å². The molecule has 1 saturated carbocycles. The van der Waals surface area contributed by atoms with E-state index in [1.807, 2.05) is 31.3 Å². The van der Waals surface area contributed by atoms with E-state index in [-0.39, 0.29) is 12.0 Å². The molecule has 0 bridgehead atoms. The molecule has 1 atom stereocenters. The van der Waals surface area contributed by atoms with Crippen LogP contribution in [-0.2, 0) is 7.05 Å². The normalized spacial score (nSPS) is 19.2. The molecule has 1 aromatic carbocycles. The van der Waals surface area contributed by atoms with Crippen LogP contribution in [0.1, 0.15) is 41.5 Å². The van der Waals surface area contributed by atoms with Crippen LogP contribution in [-0.4, -0.2) is 49.7 Å². The molecule has 0 spiro atoms. The van der Waals surface area contributed by atoms with Crippen LogP contribution < -0.4 is 4.74 Å². The van der Waals surface area contributed by atoms with E-state index in [0.717, 1.165) is 30.7 Å². The zero-order valence-corrected chi connectivity index (χ0v) is 15.6. The summed E-state index contributed by atoms with van der Waals surface area (Å²) in [6, 6.07) is 7.67. The molecule has 1 unspecified atom stereocenters. The van der Waals surface area contributed by atoms with Crippen LogP contribution >= 0.6 is 0 Å². The van der Waals surface area contributed by atoms with Gasteiger partial charge in [0.1, 0.15) is 17.5 Å². The molecule has 3 heterocycles. The van der Waals surface area contributed by atoms with Crippen molar-refractivity contribution in [3.63, 3.8) is 0 Å². The van der Waals surface area contributed by atoms with Crippen molar-refractivity contribution in [1.82, 2.24) is 24.6 Å². The van der Waals surface area contributed by atoms with Crippen molar-refractivity contribution in [2.24, 2.45) is 7.05 Å². The Kier molecular flexibility index (Phi) is 4.11. The van der Waals surface area contributed by atoms with Crippen molar-refractivity contribution in [1.29, 1.82) is 0 Å². The molecule has 8 nitrogen and oxygen atoms in total. The van der Waals surface area contributed by atoms with Crippen LogP contribution in [0.3, 0.4) is 0 Å². The fourth-order valence-electron chi connectivity index (χ4n) is 3.47. The highest BCUT2D eigenvalue weighted by atomic mass is 16.5. The second-order valence-electron chi connectivity index (χ2n) is 7.43. The van der Waals surface area contributed by atoms with Gasteiger partial charge >= 0.3 is 0 Å². The lowest BCUT2D eigenvalue weighted by Crippen LogP contribution is -2.31. The predicted molar refractivity (Wildman–Crippen MR) is 99.9 cm³/mol. The number of aryl methyl sites for hydroxylation is 1. The van der Waals surface area contributed by atoms with Gasteiger partial charge in [0.25, 0.3) is 11.8 Å². The highest BCUT2D eigenvalue weighted by Crippen LogP contribution is 2.39. The summed E-state index contributed by atoms with van der Waals surface area (Å²) in [6.45, 7) is 1.18. The Bertz CT molecular complexity index is 1010. The van der Waals surface area contributed by atoms with Gasteiger partial charge < -0.3 is 18.7 Å². The Morgan fingerprint density at radius 3 is 2.89 bits per heavy atom. The predicted octanol–water partition coefficient (Wildman–Crippen LogP) is 2.64. The fourth-order valence-corrected chi connectivity index (χ4v) is 3.47. The van der Waals surface area contributed by atoms with Crippen molar-refractivity contribution in [2.75, 3.05) is 13.1 Å². The van der Waals surface area contributed by atoms with Crippen molar-refractivity contribution >= 4 is 5.91 Å². The standard InChI is InChI=1S/C20H21N5O3/c1-24-11-16(21-12-24)20(26)25-9-8-14(10-25)27-17-5-3-2-4-15(17)19-22-18(23-28-19)13-6-7-13/h2-5,11-14H,6-10H2,1H3. The number of carbonyl (C=O) groups excluding carboxylic acids is 1. The summed E-state index contributed by atoms with van der Waals surface area (Å²) in [5.74, 6) is 2.33. The highest BCUT2D eigenvalue weighted by Gasteiger charge is 2.31. The summed E-state index contributed by atoms with van der Waals surface area (Å²) >= 11 is 0. The number of carbonyl (C=O) groups is 1. The summed E-state index contributed by atoms with van der Waals surface area (Å²) in [4.78, 5) is 23.0. The number of likely N-dealkylation sites (tertiary alicyclic amines) is 1. The number of hydrogen-bond donors (Lipinski definition) is 0. The number of rotatable bonds is 5. The Balaban J connectivity index is 1.29. The van der Waals surface area contributed by atoms with E-state index in [1.54, 1.807) is 22.0 Å². The van der Waals surface area contributed by atoms with Crippen molar-refractivity contribution in [2.45, 2.75) is 31.3 Å². The monoisotopic (exact) mass is 379 g/mol. The van der Waals surface area contributed by atoms with E-state index in [4.69, 9.17) is 9.26 Å².